The number of nitrogens with zero attached hydrogens (tertiary/aromatic N) is 3. The Kier molecular flexibility index (Phi) is 5.10. The second kappa shape index (κ2) is 7.25. The van der Waals surface area contributed by atoms with Gasteiger partial charge in [0.05, 0.1) is 6.61 Å². The normalized spacial score (nSPS) is 14.7. The third kappa shape index (κ3) is 3.99. The molecule has 122 valence electrons. The molecule has 0 aliphatic carbocycles. The van der Waals surface area contributed by atoms with Crippen molar-refractivity contribution in [2.75, 3.05) is 24.6 Å². The van der Waals surface area contributed by atoms with E-state index in [9.17, 15) is 4.39 Å². The van der Waals surface area contributed by atoms with Gasteiger partial charge in [-0.2, -0.15) is 0 Å². The molecule has 1 aromatic carbocycles. The molecule has 2 aromatic rings. The first-order chi connectivity index (χ1) is 11.2. The molecular weight excluding hydrogens is 361 g/mol. The van der Waals surface area contributed by atoms with Gasteiger partial charge in [-0.25, -0.2) is 14.4 Å². The van der Waals surface area contributed by atoms with Crippen molar-refractivity contribution in [1.29, 1.82) is 0 Å². The van der Waals surface area contributed by atoms with Crippen molar-refractivity contribution in [3.63, 3.8) is 0 Å². The number of halogens is 2. The van der Waals surface area contributed by atoms with Crippen molar-refractivity contribution >= 4 is 21.9 Å². The van der Waals surface area contributed by atoms with Crippen molar-refractivity contribution in [2.24, 2.45) is 5.92 Å². The number of hydrogen-bond acceptors (Lipinski definition) is 4. The van der Waals surface area contributed by atoms with E-state index in [1.165, 1.54) is 11.6 Å². The van der Waals surface area contributed by atoms with E-state index in [1.54, 1.807) is 12.1 Å². The zero-order valence-electron chi connectivity index (χ0n) is 13.0. The SMILES string of the molecule is CCCc1cnc(N2CC(COc3ccc(Br)cc3F)C2)nc1. The zero-order valence-corrected chi connectivity index (χ0v) is 14.6. The van der Waals surface area contributed by atoms with Crippen molar-refractivity contribution in [1.82, 2.24) is 9.97 Å². The summed E-state index contributed by atoms with van der Waals surface area (Å²) in [4.78, 5) is 10.9. The second-order valence-electron chi connectivity index (χ2n) is 5.80. The van der Waals surface area contributed by atoms with Crippen LogP contribution in [0.4, 0.5) is 10.3 Å². The number of hydrogen-bond donors (Lipinski definition) is 0. The second-order valence-corrected chi connectivity index (χ2v) is 6.71. The number of ether oxygens (including phenoxy) is 1. The third-order valence-corrected chi connectivity index (χ3v) is 4.33. The maximum Gasteiger partial charge on any atom is 0.225 e. The lowest BCUT2D eigenvalue weighted by Crippen LogP contribution is -2.50. The van der Waals surface area contributed by atoms with E-state index >= 15 is 0 Å². The van der Waals surface area contributed by atoms with Crippen LogP contribution in [0.5, 0.6) is 5.75 Å². The molecule has 1 saturated heterocycles. The Morgan fingerprint density at radius 3 is 2.70 bits per heavy atom. The quantitative estimate of drug-likeness (QED) is 0.763. The van der Waals surface area contributed by atoms with Crippen molar-refractivity contribution in [3.05, 3.63) is 46.4 Å². The van der Waals surface area contributed by atoms with Crippen LogP contribution in [0, 0.1) is 11.7 Å². The van der Waals surface area contributed by atoms with Crippen molar-refractivity contribution in [3.8, 4) is 5.75 Å². The molecule has 0 unspecified atom stereocenters. The van der Waals surface area contributed by atoms with Gasteiger partial charge in [-0.3, -0.25) is 0 Å². The summed E-state index contributed by atoms with van der Waals surface area (Å²) in [6.07, 6.45) is 5.90. The van der Waals surface area contributed by atoms with E-state index in [1.807, 2.05) is 12.4 Å². The molecule has 1 aliphatic heterocycles. The predicted octanol–water partition coefficient (Wildman–Crippen LogP) is 3.85. The molecular formula is C17H19BrFN3O. The van der Waals surface area contributed by atoms with Crippen LogP contribution >= 0.6 is 15.9 Å². The number of rotatable bonds is 6. The molecule has 4 nitrogen and oxygen atoms in total. The molecule has 1 fully saturated rings. The van der Waals surface area contributed by atoms with E-state index in [0.29, 0.717) is 22.7 Å². The first kappa shape index (κ1) is 16.2. The van der Waals surface area contributed by atoms with Gasteiger partial charge in [-0.1, -0.05) is 29.3 Å². The lowest BCUT2D eigenvalue weighted by molar-refractivity contribution is 0.212. The van der Waals surface area contributed by atoms with Crippen LogP contribution in [-0.4, -0.2) is 29.7 Å². The molecule has 0 saturated carbocycles. The lowest BCUT2D eigenvalue weighted by Gasteiger charge is -2.38. The van der Waals surface area contributed by atoms with Gasteiger partial charge >= 0.3 is 0 Å². The Hall–Kier alpha value is -1.69. The summed E-state index contributed by atoms with van der Waals surface area (Å²) in [6, 6.07) is 4.83. The monoisotopic (exact) mass is 379 g/mol. The molecule has 1 aliphatic rings. The molecule has 0 N–H and O–H groups in total. The first-order valence-corrected chi connectivity index (χ1v) is 8.58. The van der Waals surface area contributed by atoms with Crippen molar-refractivity contribution < 1.29 is 9.13 Å². The summed E-state index contributed by atoms with van der Waals surface area (Å²) in [7, 11) is 0. The van der Waals surface area contributed by atoms with Crippen LogP contribution in [0.2, 0.25) is 0 Å². The zero-order chi connectivity index (χ0) is 16.2. The molecule has 0 amide bonds. The molecule has 2 heterocycles. The molecule has 3 rings (SSSR count). The van der Waals surface area contributed by atoms with Gasteiger partial charge in [-0.05, 0) is 30.2 Å². The Labute approximate surface area is 143 Å². The van der Waals surface area contributed by atoms with E-state index in [0.717, 1.165) is 31.9 Å². The molecule has 23 heavy (non-hydrogen) atoms. The number of aryl methyl sites for hydroxylation is 1. The number of benzene rings is 1. The summed E-state index contributed by atoms with van der Waals surface area (Å²) in [5, 5.41) is 0. The highest BCUT2D eigenvalue weighted by Gasteiger charge is 2.29. The fourth-order valence-electron chi connectivity index (χ4n) is 2.57. The highest BCUT2D eigenvalue weighted by atomic mass is 79.9. The maximum atomic E-state index is 13.7. The van der Waals surface area contributed by atoms with Crippen molar-refractivity contribution in [2.45, 2.75) is 19.8 Å². The standard InChI is InChI=1S/C17H19BrFN3O/c1-2-3-12-7-20-17(21-8-12)22-9-13(10-22)11-23-16-5-4-14(18)6-15(16)19/h4-8,13H,2-3,9-11H2,1H3. The van der Waals surface area contributed by atoms with Crippen LogP contribution in [0.1, 0.15) is 18.9 Å². The van der Waals surface area contributed by atoms with Crippen LogP contribution in [-0.2, 0) is 6.42 Å². The Balaban J connectivity index is 1.47. The molecule has 1 aromatic heterocycles. The smallest absolute Gasteiger partial charge is 0.225 e. The van der Waals surface area contributed by atoms with Crippen LogP contribution in [0.3, 0.4) is 0 Å². The van der Waals surface area contributed by atoms with Crippen LogP contribution < -0.4 is 9.64 Å². The number of aromatic nitrogens is 2. The molecule has 0 spiro atoms. The largest absolute Gasteiger partial charge is 0.490 e. The molecule has 0 bridgehead atoms. The molecule has 0 atom stereocenters. The fraction of sp³-hybridized carbons (Fsp3) is 0.412. The highest BCUT2D eigenvalue weighted by Crippen LogP contribution is 2.25. The van der Waals surface area contributed by atoms with E-state index in [4.69, 9.17) is 4.74 Å². The van der Waals surface area contributed by atoms with Crippen LogP contribution in [0.15, 0.2) is 35.1 Å². The summed E-state index contributed by atoms with van der Waals surface area (Å²) in [6.45, 7) is 4.32. The van der Waals surface area contributed by atoms with Gasteiger partial charge in [0, 0.05) is 35.9 Å². The van der Waals surface area contributed by atoms with Gasteiger partial charge in [0.1, 0.15) is 0 Å². The van der Waals surface area contributed by atoms with Gasteiger partial charge in [-0.15, -0.1) is 0 Å². The van der Waals surface area contributed by atoms with Crippen LogP contribution in [0.25, 0.3) is 0 Å². The summed E-state index contributed by atoms with van der Waals surface area (Å²) in [5.74, 6) is 1.09. The average Bonchev–Trinajstić information content (AvgIpc) is 2.49. The van der Waals surface area contributed by atoms with E-state index < -0.39 is 0 Å². The first-order valence-electron chi connectivity index (χ1n) is 7.79. The summed E-state index contributed by atoms with van der Waals surface area (Å²) < 4.78 is 20.0. The predicted molar refractivity (Wildman–Crippen MR) is 91.3 cm³/mol. The number of anilines is 1. The maximum absolute atomic E-state index is 13.7. The van der Waals surface area contributed by atoms with Gasteiger partial charge in [0.2, 0.25) is 5.95 Å². The Bertz CT molecular complexity index is 659. The fourth-order valence-corrected chi connectivity index (χ4v) is 2.90. The minimum atomic E-state index is -0.342. The molecule has 6 heteroatoms. The minimum Gasteiger partial charge on any atom is -0.490 e. The minimum absolute atomic E-state index is 0.298. The molecule has 0 radical (unpaired) electrons. The lowest BCUT2D eigenvalue weighted by atomic mass is 10.0. The third-order valence-electron chi connectivity index (χ3n) is 3.84. The topological polar surface area (TPSA) is 38.2 Å². The average molecular weight is 380 g/mol. The van der Waals surface area contributed by atoms with E-state index in [2.05, 4.69) is 37.7 Å². The van der Waals surface area contributed by atoms with E-state index in [-0.39, 0.29) is 5.82 Å². The Morgan fingerprint density at radius 1 is 1.30 bits per heavy atom. The van der Waals surface area contributed by atoms with Gasteiger partial charge in [0.25, 0.3) is 0 Å². The Morgan fingerprint density at radius 2 is 2.04 bits per heavy atom. The summed E-state index contributed by atoms with van der Waals surface area (Å²) >= 11 is 3.23. The van der Waals surface area contributed by atoms with Gasteiger partial charge < -0.3 is 9.64 Å². The van der Waals surface area contributed by atoms with Gasteiger partial charge in [0.15, 0.2) is 11.6 Å². The highest BCUT2D eigenvalue weighted by molar-refractivity contribution is 9.10. The summed E-state index contributed by atoms with van der Waals surface area (Å²) in [5.41, 5.74) is 1.17.